The van der Waals surface area contributed by atoms with Crippen LogP contribution in [-0.4, -0.2) is 30.7 Å². The van der Waals surface area contributed by atoms with E-state index >= 15 is 0 Å². The van der Waals surface area contributed by atoms with Crippen molar-refractivity contribution in [3.63, 3.8) is 0 Å². The lowest BCUT2D eigenvalue weighted by Crippen LogP contribution is -2.50. The summed E-state index contributed by atoms with van der Waals surface area (Å²) in [6, 6.07) is 6.33. The van der Waals surface area contributed by atoms with Crippen molar-refractivity contribution in [3.8, 4) is 5.88 Å². The van der Waals surface area contributed by atoms with Crippen molar-refractivity contribution in [2.75, 3.05) is 25.0 Å². The summed E-state index contributed by atoms with van der Waals surface area (Å²) < 4.78 is 5.41. The zero-order valence-corrected chi connectivity index (χ0v) is 12.2. The fourth-order valence-corrected chi connectivity index (χ4v) is 2.57. The molecule has 0 radical (unpaired) electrons. The van der Waals surface area contributed by atoms with Crippen LogP contribution in [0.2, 0.25) is 0 Å². The molecule has 2 rings (SSSR count). The third-order valence-corrected chi connectivity index (χ3v) is 3.84. The lowest BCUT2D eigenvalue weighted by molar-refractivity contribution is 0.188. The van der Waals surface area contributed by atoms with Crippen LogP contribution in [0, 0.1) is 5.41 Å². The third-order valence-electron chi connectivity index (χ3n) is 3.84. The van der Waals surface area contributed by atoms with Gasteiger partial charge in [0.1, 0.15) is 5.82 Å². The molecule has 0 amide bonds. The Balaban J connectivity index is 1.92. The van der Waals surface area contributed by atoms with E-state index in [1.807, 2.05) is 25.1 Å². The highest BCUT2D eigenvalue weighted by Gasteiger charge is 2.31. The molecule has 0 aromatic carbocycles. The Kier molecular flexibility index (Phi) is 4.64. The zero-order chi connectivity index (χ0) is 13.7. The van der Waals surface area contributed by atoms with Crippen molar-refractivity contribution < 1.29 is 4.74 Å². The Morgan fingerprint density at radius 3 is 3.05 bits per heavy atom. The van der Waals surface area contributed by atoms with Crippen LogP contribution in [0.15, 0.2) is 18.2 Å². The van der Waals surface area contributed by atoms with Crippen molar-refractivity contribution in [3.05, 3.63) is 18.2 Å². The molecule has 106 valence electrons. The Hall–Kier alpha value is -1.29. The summed E-state index contributed by atoms with van der Waals surface area (Å²) >= 11 is 0. The maximum atomic E-state index is 5.41. The lowest BCUT2D eigenvalue weighted by Gasteiger charge is -2.39. The first-order chi connectivity index (χ1) is 9.12. The van der Waals surface area contributed by atoms with E-state index in [9.17, 15) is 0 Å². The van der Waals surface area contributed by atoms with E-state index in [0.29, 0.717) is 23.9 Å². The van der Waals surface area contributed by atoms with Gasteiger partial charge in [0, 0.05) is 18.7 Å². The highest BCUT2D eigenvalue weighted by Crippen LogP contribution is 2.30. The fourth-order valence-electron chi connectivity index (χ4n) is 2.57. The van der Waals surface area contributed by atoms with E-state index in [1.165, 1.54) is 12.8 Å². The van der Waals surface area contributed by atoms with Crippen LogP contribution in [0.1, 0.15) is 33.6 Å². The summed E-state index contributed by atoms with van der Waals surface area (Å²) in [5.74, 6) is 1.57. The van der Waals surface area contributed by atoms with Crippen LogP contribution >= 0.6 is 0 Å². The van der Waals surface area contributed by atoms with E-state index in [1.54, 1.807) is 0 Å². The second kappa shape index (κ2) is 6.24. The highest BCUT2D eigenvalue weighted by molar-refractivity contribution is 5.37. The number of nitrogens with zero attached hydrogens (tertiary/aromatic N) is 1. The first-order valence-corrected chi connectivity index (χ1v) is 7.19. The molecule has 1 unspecified atom stereocenters. The Morgan fingerprint density at radius 2 is 2.32 bits per heavy atom. The van der Waals surface area contributed by atoms with Gasteiger partial charge in [0.2, 0.25) is 5.88 Å². The number of ether oxygens (including phenoxy) is 1. The van der Waals surface area contributed by atoms with Crippen molar-refractivity contribution in [2.24, 2.45) is 5.41 Å². The number of hydrogen-bond acceptors (Lipinski definition) is 4. The monoisotopic (exact) mass is 263 g/mol. The number of aromatic nitrogens is 1. The number of piperidine rings is 1. The topological polar surface area (TPSA) is 46.2 Å². The number of anilines is 1. The first-order valence-electron chi connectivity index (χ1n) is 7.19. The molecule has 0 aliphatic carbocycles. The predicted octanol–water partition coefficient (Wildman–Crippen LogP) is 2.67. The Bertz CT molecular complexity index is 406. The maximum absolute atomic E-state index is 5.41. The van der Waals surface area contributed by atoms with Gasteiger partial charge in [0.15, 0.2) is 0 Å². The van der Waals surface area contributed by atoms with Crippen LogP contribution < -0.4 is 15.4 Å². The molecule has 1 aliphatic rings. The summed E-state index contributed by atoms with van der Waals surface area (Å²) in [5.41, 5.74) is 0.336. The largest absolute Gasteiger partial charge is 0.478 e. The van der Waals surface area contributed by atoms with Crippen LogP contribution in [0.4, 0.5) is 5.82 Å². The summed E-state index contributed by atoms with van der Waals surface area (Å²) in [6.45, 7) is 9.28. The number of hydrogen-bond donors (Lipinski definition) is 2. The summed E-state index contributed by atoms with van der Waals surface area (Å²) in [4.78, 5) is 4.43. The first kappa shape index (κ1) is 14.1. The number of rotatable bonds is 5. The van der Waals surface area contributed by atoms with Gasteiger partial charge in [0.25, 0.3) is 0 Å². The molecule has 4 heteroatoms. The molecule has 2 heterocycles. The molecule has 1 aliphatic heterocycles. The molecule has 2 N–H and O–H groups in total. The van der Waals surface area contributed by atoms with Gasteiger partial charge in [0.05, 0.1) is 6.61 Å². The number of pyridine rings is 1. The van der Waals surface area contributed by atoms with Crippen LogP contribution in [0.3, 0.4) is 0 Å². The average Bonchev–Trinajstić information content (AvgIpc) is 2.38. The van der Waals surface area contributed by atoms with Gasteiger partial charge >= 0.3 is 0 Å². The molecule has 19 heavy (non-hydrogen) atoms. The minimum absolute atomic E-state index is 0.336. The molecule has 1 aromatic rings. The van der Waals surface area contributed by atoms with Gasteiger partial charge in [-0.15, -0.1) is 0 Å². The molecular weight excluding hydrogens is 238 g/mol. The van der Waals surface area contributed by atoms with Gasteiger partial charge in [-0.1, -0.05) is 19.9 Å². The predicted molar refractivity (Wildman–Crippen MR) is 78.7 cm³/mol. The second-order valence-electron chi connectivity index (χ2n) is 5.77. The number of nitrogens with one attached hydrogen (secondary N) is 2. The van der Waals surface area contributed by atoms with Gasteiger partial charge in [-0.05, 0) is 37.8 Å². The van der Waals surface area contributed by atoms with E-state index in [0.717, 1.165) is 18.9 Å². The molecule has 1 atom stereocenters. The van der Waals surface area contributed by atoms with Crippen LogP contribution in [-0.2, 0) is 0 Å². The zero-order valence-electron chi connectivity index (χ0n) is 12.2. The smallest absolute Gasteiger partial charge is 0.215 e. The van der Waals surface area contributed by atoms with Crippen molar-refractivity contribution in [1.82, 2.24) is 10.3 Å². The standard InChI is InChI=1S/C15H25N3O/c1-4-19-14-8-5-7-13(18-14)17-11-12-15(2,3)9-6-10-16-12/h5,7-8,12,16H,4,6,9-11H2,1-3H3,(H,17,18). The molecule has 0 saturated carbocycles. The molecule has 4 nitrogen and oxygen atoms in total. The SMILES string of the molecule is CCOc1cccc(NCC2NCCCC2(C)C)n1. The summed E-state index contributed by atoms with van der Waals surface area (Å²) in [6.07, 6.45) is 2.54. The van der Waals surface area contributed by atoms with Gasteiger partial charge < -0.3 is 15.4 Å². The van der Waals surface area contributed by atoms with Gasteiger partial charge in [-0.2, -0.15) is 4.98 Å². The van der Waals surface area contributed by atoms with E-state index in [-0.39, 0.29) is 0 Å². The lowest BCUT2D eigenvalue weighted by atomic mass is 9.77. The molecule has 1 fully saturated rings. The van der Waals surface area contributed by atoms with E-state index in [4.69, 9.17) is 4.74 Å². The van der Waals surface area contributed by atoms with E-state index in [2.05, 4.69) is 29.5 Å². The quantitative estimate of drug-likeness (QED) is 0.857. The third kappa shape index (κ3) is 3.83. The normalized spacial score (nSPS) is 21.9. The molecule has 1 aromatic heterocycles. The maximum Gasteiger partial charge on any atom is 0.215 e. The molecular formula is C15H25N3O. The summed E-state index contributed by atoms with van der Waals surface area (Å²) in [7, 11) is 0. The fraction of sp³-hybridized carbons (Fsp3) is 0.667. The molecule has 1 saturated heterocycles. The Morgan fingerprint density at radius 1 is 1.47 bits per heavy atom. The van der Waals surface area contributed by atoms with Gasteiger partial charge in [-0.25, -0.2) is 0 Å². The minimum Gasteiger partial charge on any atom is -0.478 e. The van der Waals surface area contributed by atoms with Gasteiger partial charge in [-0.3, -0.25) is 0 Å². The van der Waals surface area contributed by atoms with Crippen molar-refractivity contribution >= 4 is 5.82 Å². The Labute approximate surface area is 116 Å². The minimum atomic E-state index is 0.336. The van der Waals surface area contributed by atoms with Crippen LogP contribution in [0.25, 0.3) is 0 Å². The van der Waals surface area contributed by atoms with Crippen LogP contribution in [0.5, 0.6) is 5.88 Å². The molecule has 0 spiro atoms. The van der Waals surface area contributed by atoms with Crippen molar-refractivity contribution in [2.45, 2.75) is 39.7 Å². The highest BCUT2D eigenvalue weighted by atomic mass is 16.5. The van der Waals surface area contributed by atoms with E-state index < -0.39 is 0 Å². The summed E-state index contributed by atoms with van der Waals surface area (Å²) in [5, 5.41) is 7.01. The van der Waals surface area contributed by atoms with Crippen molar-refractivity contribution in [1.29, 1.82) is 0 Å². The average molecular weight is 263 g/mol. The molecule has 0 bridgehead atoms. The second-order valence-corrected chi connectivity index (χ2v) is 5.77.